The standard InChI is InChI=1S/C29H35FN2O3Si.C28H21ClFN3O5.C8H5Cl2NO2.CH4/c1-17(2)36(18(3)4,19(5)6)35-28-25-24(27(34-8)23-10-9-15-31-26(23)28)20(7)32(29(25)33)16-21-11-13-22(30)14-12-21;1-38-26-19-3-2-12-32-23(19)25(35)21-22(26)28(37,13-20(31)24(34)16-6-8-17(29)9-7-16)33(27(21)36)14-15-4-10-18(30)11-5-15;9-6-3-1-5(2-4-6)7(12)8(10)11-13;/h9-15,17-19H,7,16H2,1-6,8H3;2-12,31,35,37H,13-14H2,1H3;1-4,13H;1H4/b;;11-8-;. The maximum Gasteiger partial charge on any atom is 0.263 e. The lowest BCUT2D eigenvalue weighted by molar-refractivity contribution is -0.0834. The van der Waals surface area contributed by atoms with Crippen molar-refractivity contribution in [3.05, 3.63) is 206 Å². The largest absolute Gasteiger partial charge is 0.541 e. The number of aromatic hydroxyl groups is 1. The number of pyridine rings is 2. The van der Waals surface area contributed by atoms with Crippen molar-refractivity contribution in [1.29, 1.82) is 5.41 Å². The van der Waals surface area contributed by atoms with Gasteiger partial charge in [-0.3, -0.25) is 29.1 Å². The van der Waals surface area contributed by atoms with Crippen LogP contribution in [0.25, 0.3) is 27.5 Å². The number of carbonyl (C=O) groups is 4. The third kappa shape index (κ3) is 12.9. The van der Waals surface area contributed by atoms with Gasteiger partial charge in [-0.05, 0) is 125 Å². The van der Waals surface area contributed by atoms with Crippen molar-refractivity contribution in [2.45, 2.75) is 90.8 Å². The lowest BCUT2D eigenvalue weighted by Gasteiger charge is -2.42. The van der Waals surface area contributed by atoms with Gasteiger partial charge in [-0.15, -0.1) is 0 Å². The molecule has 22 heteroatoms. The summed E-state index contributed by atoms with van der Waals surface area (Å²) in [5.41, 5.74) is 1.95. The van der Waals surface area contributed by atoms with Crippen LogP contribution in [-0.2, 0) is 18.8 Å². The minimum atomic E-state index is -2.43. The predicted octanol–water partition coefficient (Wildman–Crippen LogP) is 15.6. The smallest absolute Gasteiger partial charge is 0.263 e. The summed E-state index contributed by atoms with van der Waals surface area (Å²) in [5.74, 6) is -2.29. The van der Waals surface area contributed by atoms with Gasteiger partial charge in [0.05, 0.1) is 48.7 Å². The van der Waals surface area contributed by atoms with Gasteiger partial charge in [-0.1, -0.05) is 120 Å². The Morgan fingerprint density at radius 1 is 0.682 bits per heavy atom. The van der Waals surface area contributed by atoms with E-state index in [1.54, 1.807) is 54.6 Å². The molecule has 1 unspecified atom stereocenters. The summed E-state index contributed by atoms with van der Waals surface area (Å²) >= 11 is 16.8. The number of nitrogens with zero attached hydrogens (tertiary/aromatic N) is 5. The van der Waals surface area contributed by atoms with E-state index in [4.69, 9.17) is 59.3 Å². The first kappa shape index (κ1) is 66.9. The number of oxime groups is 1. The molecule has 0 fully saturated rings. The van der Waals surface area contributed by atoms with Crippen molar-refractivity contribution in [2.75, 3.05) is 14.2 Å². The summed E-state index contributed by atoms with van der Waals surface area (Å²) < 4.78 is 45.7. The number of fused-ring (bicyclic) bond motifs is 4. The van der Waals surface area contributed by atoms with Crippen molar-refractivity contribution in [2.24, 2.45) is 5.16 Å². The quantitative estimate of drug-likeness (QED) is 0.0220. The number of methoxy groups -OCH3 is 2. The Morgan fingerprint density at radius 2 is 1.15 bits per heavy atom. The maximum absolute atomic E-state index is 14.0. The van der Waals surface area contributed by atoms with E-state index in [0.29, 0.717) is 77.0 Å². The average molecular weight is 1270 g/mol. The molecule has 1 atom stereocenters. The summed E-state index contributed by atoms with van der Waals surface area (Å²) in [5, 5.41) is 44.3. The molecule has 2 aliphatic rings. The third-order valence-electron chi connectivity index (χ3n) is 15.4. The zero-order chi connectivity index (χ0) is 63.4. The molecular formula is C66H65Cl3F2N6O10Si. The molecule has 4 N–H and O–H groups in total. The van der Waals surface area contributed by atoms with E-state index in [1.807, 2.05) is 12.1 Å². The molecule has 16 nitrogen and oxygen atoms in total. The van der Waals surface area contributed by atoms with Gasteiger partial charge in [0.25, 0.3) is 20.1 Å². The van der Waals surface area contributed by atoms with E-state index in [1.165, 1.54) is 86.1 Å². The number of phenolic OH excluding ortho intramolecular Hbond substituents is 1. The molecule has 2 amide bonds. The Balaban J connectivity index is 0.000000207. The number of nitrogens with one attached hydrogen (secondary N) is 1. The van der Waals surface area contributed by atoms with E-state index < -0.39 is 60.4 Å². The number of benzene rings is 6. The first-order valence-corrected chi connectivity index (χ1v) is 30.6. The molecule has 10 rings (SSSR count). The SMILES string of the molecule is C.C=C1c2c(c(O[Si](C(C)C)(C(C)C)C(C)C)c3ncccc3c2OC)C(=O)N1Cc1ccc(F)cc1.COc1c2c(c(O)c3ncccc13)C(=O)N(Cc1ccc(F)cc1)C2(O)CC(=N)C(=O)c1ccc(Cl)cc1.O=C(/C(Cl)=N/O)c1ccc(Cl)cc1. The molecule has 2 aromatic heterocycles. The number of hydrogen-bond donors (Lipinski definition) is 4. The molecule has 4 heterocycles. The Kier molecular flexibility index (Phi) is 21.0. The van der Waals surface area contributed by atoms with Crippen LogP contribution >= 0.6 is 34.8 Å². The molecule has 0 aliphatic carbocycles. The van der Waals surface area contributed by atoms with Gasteiger partial charge in [0.2, 0.25) is 16.7 Å². The molecule has 88 heavy (non-hydrogen) atoms. The molecule has 8 aromatic rings. The fraction of sp³-hybridized carbons (Fsp3) is 0.242. The van der Waals surface area contributed by atoms with E-state index >= 15 is 0 Å². The highest BCUT2D eigenvalue weighted by atomic mass is 35.5. The highest BCUT2D eigenvalue weighted by Gasteiger charge is 2.54. The second kappa shape index (κ2) is 27.6. The van der Waals surface area contributed by atoms with Gasteiger partial charge in [0.1, 0.15) is 39.9 Å². The zero-order valence-corrected chi connectivity index (χ0v) is 51.9. The summed E-state index contributed by atoms with van der Waals surface area (Å²) in [7, 11) is 0.507. The van der Waals surface area contributed by atoms with Crippen LogP contribution in [0, 0.1) is 17.0 Å². The predicted molar refractivity (Wildman–Crippen MR) is 341 cm³/mol. The van der Waals surface area contributed by atoms with Crippen LogP contribution in [-0.4, -0.2) is 92.0 Å². The summed E-state index contributed by atoms with van der Waals surface area (Å²) in [6.45, 7) is 17.6. The fourth-order valence-electron chi connectivity index (χ4n) is 11.4. The summed E-state index contributed by atoms with van der Waals surface area (Å²) in [6.07, 6.45) is 2.54. The van der Waals surface area contributed by atoms with Crippen LogP contribution in [0.5, 0.6) is 23.0 Å². The van der Waals surface area contributed by atoms with Crippen LogP contribution in [0.3, 0.4) is 0 Å². The van der Waals surface area contributed by atoms with Gasteiger partial charge in [-0.25, -0.2) is 8.78 Å². The number of rotatable bonds is 17. The number of carbonyl (C=O) groups excluding carboxylic acids is 4. The molecule has 0 spiro atoms. The molecule has 2 aliphatic heterocycles. The third-order valence-corrected chi connectivity index (χ3v) is 22.2. The van der Waals surface area contributed by atoms with Gasteiger partial charge < -0.3 is 44.5 Å². The fourth-order valence-corrected chi connectivity index (χ4v) is 17.1. The number of ketones is 2. The minimum Gasteiger partial charge on any atom is -0.541 e. The maximum atomic E-state index is 14.0. The molecule has 0 radical (unpaired) electrons. The van der Waals surface area contributed by atoms with Gasteiger partial charge >= 0.3 is 0 Å². The number of ether oxygens (including phenoxy) is 2. The number of hydrogen-bond acceptors (Lipinski definition) is 14. The average Bonchev–Trinajstić information content (AvgIpc) is 1.77. The number of phenols is 1. The minimum absolute atomic E-state index is 0. The summed E-state index contributed by atoms with van der Waals surface area (Å²) in [6, 6.07) is 30.5. The van der Waals surface area contributed by atoms with Crippen LogP contribution < -0.4 is 13.9 Å². The Bertz CT molecular complexity index is 4000. The van der Waals surface area contributed by atoms with Crippen molar-refractivity contribution >= 4 is 105 Å². The van der Waals surface area contributed by atoms with Crippen molar-refractivity contribution in [3.8, 4) is 23.0 Å². The van der Waals surface area contributed by atoms with Crippen LogP contribution in [0.15, 0.2) is 145 Å². The highest BCUT2D eigenvalue weighted by molar-refractivity contribution is 6.84. The highest BCUT2D eigenvalue weighted by Crippen LogP contribution is 2.54. The van der Waals surface area contributed by atoms with Crippen molar-refractivity contribution in [3.63, 3.8) is 0 Å². The number of amides is 2. The lowest BCUT2D eigenvalue weighted by atomic mass is 9.90. The zero-order valence-electron chi connectivity index (χ0n) is 48.6. The van der Waals surface area contributed by atoms with Gasteiger partial charge in [-0.2, -0.15) is 0 Å². The normalized spacial score (nSPS) is 14.5. The Labute approximate surface area is 524 Å². The van der Waals surface area contributed by atoms with Crippen molar-refractivity contribution in [1.82, 2.24) is 19.8 Å². The molecule has 0 bridgehead atoms. The van der Waals surface area contributed by atoms with E-state index in [0.717, 1.165) is 15.8 Å². The molecule has 458 valence electrons. The number of aliphatic hydroxyl groups is 1. The van der Waals surface area contributed by atoms with Gasteiger partial charge in [0.15, 0.2) is 11.5 Å². The number of halogens is 5. The molecular weight excluding hydrogens is 1210 g/mol. The lowest BCUT2D eigenvalue weighted by Crippen LogP contribution is -2.51. The molecule has 0 saturated heterocycles. The first-order chi connectivity index (χ1) is 41.3. The topological polar surface area (TPSA) is 225 Å². The monoisotopic (exact) mass is 1270 g/mol. The van der Waals surface area contributed by atoms with Crippen LogP contribution in [0.2, 0.25) is 26.7 Å². The van der Waals surface area contributed by atoms with E-state index in [-0.39, 0.29) is 60.2 Å². The van der Waals surface area contributed by atoms with E-state index in [9.17, 15) is 38.2 Å². The summed E-state index contributed by atoms with van der Waals surface area (Å²) in [4.78, 5) is 63.6. The molecule has 0 saturated carbocycles. The second-order valence-corrected chi connectivity index (χ2v) is 28.1. The van der Waals surface area contributed by atoms with E-state index in [2.05, 4.69) is 63.2 Å². The Morgan fingerprint density at radius 3 is 1.62 bits per heavy atom. The second-order valence-electron chi connectivity index (χ2n) is 21.5. The number of Topliss-reactive ketones (excluding diaryl/α,β-unsaturated/α-hetero) is 2. The van der Waals surface area contributed by atoms with Crippen LogP contribution in [0.1, 0.15) is 119 Å². The number of aromatic nitrogens is 2. The first-order valence-electron chi connectivity index (χ1n) is 27.3. The van der Waals surface area contributed by atoms with Crippen LogP contribution in [0.4, 0.5) is 8.78 Å². The van der Waals surface area contributed by atoms with Crippen molar-refractivity contribution < 1.29 is 57.3 Å². The van der Waals surface area contributed by atoms with Gasteiger partial charge in [0, 0.05) is 63.0 Å². The molecule has 6 aromatic carbocycles. The Hall–Kier alpha value is -8.59.